The standard InChI is InChI=1S/C12H15F2NO2/c1-12(15(2)3,7-11(16)17)8-4-9(13)6-10(14)5-8/h4-6H,7H2,1-3H3,(H,16,17). The Kier molecular flexibility index (Phi) is 3.83. The molecular weight excluding hydrogens is 228 g/mol. The Morgan fingerprint density at radius 1 is 1.29 bits per heavy atom. The molecule has 17 heavy (non-hydrogen) atoms. The zero-order valence-corrected chi connectivity index (χ0v) is 10.00. The molecule has 0 bridgehead atoms. The fourth-order valence-electron chi connectivity index (χ4n) is 1.68. The fraction of sp³-hybridized carbons (Fsp3) is 0.417. The SMILES string of the molecule is CN(C)C(C)(CC(=O)O)c1cc(F)cc(F)c1. The average Bonchev–Trinajstić information content (AvgIpc) is 2.14. The lowest BCUT2D eigenvalue weighted by Crippen LogP contribution is -2.40. The Balaban J connectivity index is 3.26. The van der Waals surface area contributed by atoms with Crippen LogP contribution in [-0.4, -0.2) is 30.1 Å². The molecule has 94 valence electrons. The molecule has 0 aliphatic rings. The lowest BCUT2D eigenvalue weighted by Gasteiger charge is -2.35. The van der Waals surface area contributed by atoms with E-state index in [-0.39, 0.29) is 6.42 Å². The van der Waals surface area contributed by atoms with Gasteiger partial charge < -0.3 is 5.11 Å². The van der Waals surface area contributed by atoms with Crippen LogP contribution < -0.4 is 0 Å². The van der Waals surface area contributed by atoms with Gasteiger partial charge in [-0.25, -0.2) is 8.78 Å². The van der Waals surface area contributed by atoms with Gasteiger partial charge in [0, 0.05) is 6.07 Å². The van der Waals surface area contributed by atoms with Crippen LogP contribution >= 0.6 is 0 Å². The first-order valence-corrected chi connectivity index (χ1v) is 5.11. The minimum atomic E-state index is -1.02. The van der Waals surface area contributed by atoms with Crippen molar-refractivity contribution in [1.29, 1.82) is 0 Å². The van der Waals surface area contributed by atoms with Crippen LogP contribution in [0.2, 0.25) is 0 Å². The summed E-state index contributed by atoms with van der Waals surface area (Å²) >= 11 is 0. The summed E-state index contributed by atoms with van der Waals surface area (Å²) in [6.07, 6.45) is -0.233. The highest BCUT2D eigenvalue weighted by molar-refractivity contribution is 5.68. The molecule has 0 radical (unpaired) electrons. The highest BCUT2D eigenvalue weighted by atomic mass is 19.1. The van der Waals surface area contributed by atoms with Crippen LogP contribution in [0.15, 0.2) is 18.2 Å². The summed E-state index contributed by atoms with van der Waals surface area (Å²) in [7, 11) is 3.34. The third kappa shape index (κ3) is 3.00. The quantitative estimate of drug-likeness (QED) is 0.881. The monoisotopic (exact) mass is 243 g/mol. The highest BCUT2D eigenvalue weighted by Gasteiger charge is 2.32. The van der Waals surface area contributed by atoms with Crippen molar-refractivity contribution < 1.29 is 18.7 Å². The Labute approximate surface area is 98.7 Å². The van der Waals surface area contributed by atoms with Crippen LogP contribution in [0.4, 0.5) is 8.78 Å². The molecule has 1 aromatic carbocycles. The summed E-state index contributed by atoms with van der Waals surface area (Å²) in [5, 5.41) is 8.88. The molecule has 1 rings (SSSR count). The molecule has 0 spiro atoms. The van der Waals surface area contributed by atoms with Gasteiger partial charge in [0.2, 0.25) is 0 Å². The molecule has 0 aliphatic carbocycles. The van der Waals surface area contributed by atoms with Gasteiger partial charge in [0.05, 0.1) is 12.0 Å². The smallest absolute Gasteiger partial charge is 0.305 e. The molecule has 0 heterocycles. The topological polar surface area (TPSA) is 40.5 Å². The number of rotatable bonds is 4. The summed E-state index contributed by atoms with van der Waals surface area (Å²) in [5.41, 5.74) is -0.642. The van der Waals surface area contributed by atoms with Crippen molar-refractivity contribution in [2.75, 3.05) is 14.1 Å². The second-order valence-electron chi connectivity index (χ2n) is 4.40. The van der Waals surface area contributed by atoms with E-state index in [4.69, 9.17) is 5.11 Å². The fourth-order valence-corrected chi connectivity index (χ4v) is 1.68. The van der Waals surface area contributed by atoms with Gasteiger partial charge in [-0.1, -0.05) is 0 Å². The maximum Gasteiger partial charge on any atom is 0.305 e. The number of halogens is 2. The number of hydrogen-bond donors (Lipinski definition) is 1. The van der Waals surface area contributed by atoms with Gasteiger partial charge in [-0.15, -0.1) is 0 Å². The summed E-state index contributed by atoms with van der Waals surface area (Å²) in [4.78, 5) is 12.5. The van der Waals surface area contributed by atoms with Gasteiger partial charge in [0.15, 0.2) is 0 Å². The maximum atomic E-state index is 13.2. The Bertz CT molecular complexity index is 414. The largest absolute Gasteiger partial charge is 0.481 e. The number of hydrogen-bond acceptors (Lipinski definition) is 2. The second-order valence-corrected chi connectivity index (χ2v) is 4.40. The third-order valence-corrected chi connectivity index (χ3v) is 2.97. The summed E-state index contributed by atoms with van der Waals surface area (Å²) < 4.78 is 26.3. The Morgan fingerprint density at radius 3 is 2.12 bits per heavy atom. The van der Waals surface area contributed by atoms with Crippen molar-refractivity contribution in [3.63, 3.8) is 0 Å². The van der Waals surface area contributed by atoms with Gasteiger partial charge in [0.1, 0.15) is 11.6 Å². The molecule has 0 fully saturated rings. The minimum absolute atomic E-state index is 0.233. The predicted molar refractivity (Wildman–Crippen MR) is 59.6 cm³/mol. The molecule has 0 aromatic heterocycles. The van der Waals surface area contributed by atoms with E-state index in [1.165, 1.54) is 0 Å². The minimum Gasteiger partial charge on any atom is -0.481 e. The number of carboxylic acid groups (broad SMARTS) is 1. The first-order chi connectivity index (χ1) is 7.75. The van der Waals surface area contributed by atoms with E-state index in [9.17, 15) is 13.6 Å². The van der Waals surface area contributed by atoms with Gasteiger partial charge in [-0.05, 0) is 38.7 Å². The number of carboxylic acids is 1. The van der Waals surface area contributed by atoms with Crippen molar-refractivity contribution in [2.24, 2.45) is 0 Å². The van der Waals surface area contributed by atoms with E-state index in [0.717, 1.165) is 18.2 Å². The third-order valence-electron chi connectivity index (χ3n) is 2.97. The van der Waals surface area contributed by atoms with E-state index in [2.05, 4.69) is 0 Å². The highest BCUT2D eigenvalue weighted by Crippen LogP contribution is 2.30. The van der Waals surface area contributed by atoms with E-state index in [1.54, 1.807) is 25.9 Å². The van der Waals surface area contributed by atoms with Crippen molar-refractivity contribution in [3.8, 4) is 0 Å². The predicted octanol–water partition coefficient (Wildman–Crippen LogP) is 2.22. The van der Waals surface area contributed by atoms with Crippen LogP contribution in [-0.2, 0) is 10.3 Å². The lowest BCUT2D eigenvalue weighted by atomic mass is 9.87. The molecule has 0 saturated carbocycles. The van der Waals surface area contributed by atoms with Crippen molar-refractivity contribution in [2.45, 2.75) is 18.9 Å². The van der Waals surface area contributed by atoms with Crippen molar-refractivity contribution in [3.05, 3.63) is 35.4 Å². The summed E-state index contributed by atoms with van der Waals surface area (Å²) in [6, 6.07) is 3.08. The molecule has 0 amide bonds. The van der Waals surface area contributed by atoms with Gasteiger partial charge in [0.25, 0.3) is 0 Å². The Hall–Kier alpha value is -1.49. The zero-order valence-electron chi connectivity index (χ0n) is 10.00. The van der Waals surface area contributed by atoms with Crippen LogP contribution in [0.25, 0.3) is 0 Å². The first kappa shape index (κ1) is 13.6. The number of aliphatic carboxylic acids is 1. The zero-order chi connectivity index (χ0) is 13.2. The maximum absolute atomic E-state index is 13.2. The van der Waals surface area contributed by atoms with E-state index < -0.39 is 23.1 Å². The molecule has 0 saturated heterocycles. The normalized spacial score (nSPS) is 14.7. The van der Waals surface area contributed by atoms with Crippen LogP contribution in [0.3, 0.4) is 0 Å². The van der Waals surface area contributed by atoms with E-state index in [1.807, 2.05) is 0 Å². The van der Waals surface area contributed by atoms with Gasteiger partial charge in [-0.2, -0.15) is 0 Å². The number of nitrogens with zero attached hydrogens (tertiary/aromatic N) is 1. The van der Waals surface area contributed by atoms with Crippen molar-refractivity contribution in [1.82, 2.24) is 4.90 Å². The average molecular weight is 243 g/mol. The molecule has 1 N–H and O–H groups in total. The summed E-state index contributed by atoms with van der Waals surface area (Å²) in [5.74, 6) is -2.44. The molecule has 1 atom stereocenters. The molecule has 5 heteroatoms. The van der Waals surface area contributed by atoms with Crippen LogP contribution in [0, 0.1) is 11.6 Å². The summed E-state index contributed by atoms with van der Waals surface area (Å²) in [6.45, 7) is 1.63. The molecule has 1 unspecified atom stereocenters. The Morgan fingerprint density at radius 2 is 1.76 bits per heavy atom. The van der Waals surface area contributed by atoms with Crippen molar-refractivity contribution >= 4 is 5.97 Å². The second kappa shape index (κ2) is 4.79. The van der Waals surface area contributed by atoms with Gasteiger partial charge in [-0.3, -0.25) is 9.69 Å². The molecule has 0 aliphatic heterocycles. The van der Waals surface area contributed by atoms with E-state index >= 15 is 0 Å². The lowest BCUT2D eigenvalue weighted by molar-refractivity contribution is -0.140. The number of benzene rings is 1. The molecule has 1 aromatic rings. The first-order valence-electron chi connectivity index (χ1n) is 5.11. The van der Waals surface area contributed by atoms with Crippen LogP contribution in [0.1, 0.15) is 18.9 Å². The van der Waals surface area contributed by atoms with Crippen LogP contribution in [0.5, 0.6) is 0 Å². The van der Waals surface area contributed by atoms with Gasteiger partial charge >= 0.3 is 5.97 Å². The molecular formula is C12H15F2NO2. The number of carbonyl (C=O) groups is 1. The molecule has 3 nitrogen and oxygen atoms in total. The van der Waals surface area contributed by atoms with E-state index in [0.29, 0.717) is 5.56 Å².